The van der Waals surface area contributed by atoms with Crippen molar-refractivity contribution in [2.24, 2.45) is 23.2 Å². The van der Waals surface area contributed by atoms with Gasteiger partial charge in [-0.25, -0.2) is 0 Å². The molecule has 0 radical (unpaired) electrons. The molecule has 3 aliphatic rings. The van der Waals surface area contributed by atoms with Gasteiger partial charge in [-0.2, -0.15) is 0 Å². The van der Waals surface area contributed by atoms with Gasteiger partial charge in [-0.1, -0.05) is 25.1 Å². The Labute approximate surface area is 197 Å². The highest BCUT2D eigenvalue weighted by molar-refractivity contribution is 5.75. The van der Waals surface area contributed by atoms with E-state index < -0.39 is 0 Å². The quantitative estimate of drug-likeness (QED) is 0.443. The molecule has 1 saturated heterocycles. The van der Waals surface area contributed by atoms with E-state index in [2.05, 4.69) is 18.4 Å². The summed E-state index contributed by atoms with van der Waals surface area (Å²) in [4.78, 5) is 15.3. The van der Waals surface area contributed by atoms with Gasteiger partial charge in [0.1, 0.15) is 6.10 Å². The maximum atomic E-state index is 13.0. The van der Waals surface area contributed by atoms with E-state index in [1.807, 2.05) is 18.2 Å². The molecule has 0 unspecified atom stereocenters. The minimum absolute atomic E-state index is 0.0235. The number of carbonyl (C=O) groups is 1. The molecule has 1 aromatic rings. The van der Waals surface area contributed by atoms with Crippen molar-refractivity contribution >= 4 is 5.97 Å². The van der Waals surface area contributed by atoms with E-state index in [1.165, 1.54) is 18.4 Å². The number of ether oxygens (including phenoxy) is 3. The minimum Gasteiger partial charge on any atom is -0.493 e. The lowest BCUT2D eigenvalue weighted by molar-refractivity contribution is -0.146. The highest BCUT2D eigenvalue weighted by Crippen LogP contribution is 2.57. The predicted octanol–water partition coefficient (Wildman–Crippen LogP) is 4.20. The molecule has 0 aromatic heterocycles. The van der Waals surface area contributed by atoms with Crippen LogP contribution in [0.25, 0.3) is 0 Å². The van der Waals surface area contributed by atoms with Crippen molar-refractivity contribution in [1.82, 2.24) is 4.90 Å². The SMILES string of the molecule is C=C1CCC[C@]2(C)C[C@H]3OC(=O)[C@H](CN(CCCO)Cc4ccc(OC)c(OC)c4)[C@@H]3C[C@@H]12. The van der Waals surface area contributed by atoms with Crippen LogP contribution in [0, 0.1) is 23.2 Å². The third-order valence-electron chi connectivity index (χ3n) is 8.26. The highest BCUT2D eigenvalue weighted by Gasteiger charge is 2.55. The summed E-state index contributed by atoms with van der Waals surface area (Å²) >= 11 is 0. The smallest absolute Gasteiger partial charge is 0.310 e. The number of esters is 1. The molecule has 6 heteroatoms. The van der Waals surface area contributed by atoms with E-state index in [4.69, 9.17) is 14.2 Å². The molecule has 1 aromatic carbocycles. The van der Waals surface area contributed by atoms with Crippen molar-refractivity contribution in [2.45, 2.75) is 58.1 Å². The first-order valence-corrected chi connectivity index (χ1v) is 12.3. The first-order valence-electron chi connectivity index (χ1n) is 12.3. The molecule has 3 fully saturated rings. The molecule has 0 bridgehead atoms. The summed E-state index contributed by atoms with van der Waals surface area (Å²) in [5.41, 5.74) is 2.66. The third-order valence-corrected chi connectivity index (χ3v) is 8.26. The molecule has 1 heterocycles. The van der Waals surface area contributed by atoms with Crippen LogP contribution in [0.5, 0.6) is 11.5 Å². The molecule has 182 valence electrons. The molecular formula is C27H39NO5. The first kappa shape index (κ1) is 24.1. The molecule has 2 saturated carbocycles. The summed E-state index contributed by atoms with van der Waals surface area (Å²) in [5, 5.41) is 9.45. The fourth-order valence-electron chi connectivity index (χ4n) is 6.51. The van der Waals surface area contributed by atoms with Crippen LogP contribution in [-0.2, 0) is 16.1 Å². The average Bonchev–Trinajstić information content (AvgIpc) is 3.09. The van der Waals surface area contributed by atoms with Gasteiger partial charge in [0.25, 0.3) is 0 Å². The lowest BCUT2D eigenvalue weighted by atomic mass is 9.55. The second-order valence-electron chi connectivity index (χ2n) is 10.4. The van der Waals surface area contributed by atoms with Crippen LogP contribution in [0.3, 0.4) is 0 Å². The first-order chi connectivity index (χ1) is 15.9. The van der Waals surface area contributed by atoms with E-state index in [9.17, 15) is 9.90 Å². The maximum Gasteiger partial charge on any atom is 0.310 e. The van der Waals surface area contributed by atoms with E-state index in [1.54, 1.807) is 14.2 Å². The Bertz CT molecular complexity index is 870. The fourth-order valence-corrected chi connectivity index (χ4v) is 6.51. The molecule has 5 atom stereocenters. The molecule has 0 spiro atoms. The van der Waals surface area contributed by atoms with Gasteiger partial charge < -0.3 is 19.3 Å². The zero-order chi connectivity index (χ0) is 23.6. The van der Waals surface area contributed by atoms with Crippen molar-refractivity contribution in [3.05, 3.63) is 35.9 Å². The standard InChI is InChI=1S/C27H39NO5/c1-18-7-5-10-27(2)15-25-20(14-22(18)27)21(26(30)33-25)17-28(11-6-12-29)16-19-8-9-23(31-3)24(13-19)32-4/h8-9,13,20-22,25,29H,1,5-7,10-12,14-17H2,2-4H3/t20-,21+,22-,25+,27+/m0/s1. The predicted molar refractivity (Wildman–Crippen MR) is 127 cm³/mol. The van der Waals surface area contributed by atoms with Crippen LogP contribution in [0.1, 0.15) is 51.0 Å². The Hall–Kier alpha value is -2.05. The number of allylic oxidation sites excluding steroid dienone is 1. The number of fused-ring (bicyclic) bond motifs is 2. The van der Waals surface area contributed by atoms with E-state index in [-0.39, 0.29) is 35.9 Å². The summed E-state index contributed by atoms with van der Waals surface area (Å²) < 4.78 is 16.8. The average molecular weight is 458 g/mol. The molecule has 2 aliphatic carbocycles. The van der Waals surface area contributed by atoms with Crippen molar-refractivity contribution in [3.63, 3.8) is 0 Å². The summed E-state index contributed by atoms with van der Waals surface area (Å²) in [6, 6.07) is 5.93. The molecule has 0 amide bonds. The largest absolute Gasteiger partial charge is 0.493 e. The number of carbonyl (C=O) groups excluding carboxylic acids is 1. The van der Waals surface area contributed by atoms with Gasteiger partial charge in [-0.05, 0) is 67.6 Å². The lowest BCUT2D eigenvalue weighted by Gasteiger charge is -2.50. The van der Waals surface area contributed by atoms with E-state index >= 15 is 0 Å². The van der Waals surface area contributed by atoms with Crippen molar-refractivity contribution in [1.29, 1.82) is 0 Å². The van der Waals surface area contributed by atoms with Gasteiger partial charge in [-0.15, -0.1) is 0 Å². The number of nitrogens with zero attached hydrogens (tertiary/aromatic N) is 1. The Morgan fingerprint density at radius 1 is 1.27 bits per heavy atom. The van der Waals surface area contributed by atoms with Crippen LogP contribution in [0.15, 0.2) is 30.4 Å². The molecule has 33 heavy (non-hydrogen) atoms. The number of hydrogen-bond acceptors (Lipinski definition) is 6. The number of aliphatic hydroxyl groups is 1. The molecule has 6 nitrogen and oxygen atoms in total. The lowest BCUT2D eigenvalue weighted by Crippen LogP contribution is -2.45. The van der Waals surface area contributed by atoms with E-state index in [0.717, 1.165) is 31.4 Å². The topological polar surface area (TPSA) is 68.2 Å². The molecule has 1 aliphatic heterocycles. The van der Waals surface area contributed by atoms with Crippen molar-refractivity contribution < 1.29 is 24.1 Å². The molecule has 1 N–H and O–H groups in total. The zero-order valence-corrected chi connectivity index (χ0v) is 20.3. The number of rotatable bonds is 9. The Morgan fingerprint density at radius 3 is 2.79 bits per heavy atom. The third kappa shape index (κ3) is 4.92. The Kier molecular flexibility index (Phi) is 7.34. The highest BCUT2D eigenvalue weighted by atomic mass is 16.6. The number of aliphatic hydroxyl groups excluding tert-OH is 1. The molecular weight excluding hydrogens is 418 g/mol. The summed E-state index contributed by atoms with van der Waals surface area (Å²) in [5.74, 6) is 1.93. The fraction of sp³-hybridized carbons (Fsp3) is 0.667. The summed E-state index contributed by atoms with van der Waals surface area (Å²) in [6.45, 7) is 8.94. The van der Waals surface area contributed by atoms with Gasteiger partial charge in [0, 0.05) is 32.2 Å². The van der Waals surface area contributed by atoms with E-state index in [0.29, 0.717) is 36.9 Å². The van der Waals surface area contributed by atoms with Crippen LogP contribution in [-0.4, -0.2) is 56.0 Å². The Morgan fingerprint density at radius 2 is 2.06 bits per heavy atom. The van der Waals surface area contributed by atoms with Crippen LogP contribution < -0.4 is 9.47 Å². The zero-order valence-electron chi connectivity index (χ0n) is 20.3. The van der Waals surface area contributed by atoms with Gasteiger partial charge in [0.2, 0.25) is 0 Å². The Balaban J connectivity index is 1.50. The van der Waals surface area contributed by atoms with Crippen molar-refractivity contribution in [2.75, 3.05) is 33.9 Å². The van der Waals surface area contributed by atoms with Crippen LogP contribution >= 0.6 is 0 Å². The maximum absolute atomic E-state index is 13.0. The normalized spacial score (nSPS) is 31.2. The van der Waals surface area contributed by atoms with Crippen molar-refractivity contribution in [3.8, 4) is 11.5 Å². The number of hydrogen-bond donors (Lipinski definition) is 1. The second-order valence-corrected chi connectivity index (χ2v) is 10.4. The second kappa shape index (κ2) is 10.1. The van der Waals surface area contributed by atoms with Crippen LogP contribution in [0.2, 0.25) is 0 Å². The van der Waals surface area contributed by atoms with Gasteiger partial charge in [-0.3, -0.25) is 9.69 Å². The van der Waals surface area contributed by atoms with Gasteiger partial charge >= 0.3 is 5.97 Å². The number of methoxy groups -OCH3 is 2. The molecule has 4 rings (SSSR count). The summed E-state index contributed by atoms with van der Waals surface area (Å²) in [7, 11) is 3.26. The number of benzene rings is 1. The monoisotopic (exact) mass is 457 g/mol. The van der Waals surface area contributed by atoms with Gasteiger partial charge in [0.15, 0.2) is 11.5 Å². The summed E-state index contributed by atoms with van der Waals surface area (Å²) in [6.07, 6.45) is 6.15. The van der Waals surface area contributed by atoms with Crippen LogP contribution in [0.4, 0.5) is 0 Å². The van der Waals surface area contributed by atoms with Gasteiger partial charge in [0.05, 0.1) is 20.1 Å². The minimum atomic E-state index is -0.131.